The van der Waals surface area contributed by atoms with Gasteiger partial charge >= 0.3 is 0 Å². The molecule has 16 heavy (non-hydrogen) atoms. The molecule has 0 saturated carbocycles. The Labute approximate surface area is 96.2 Å². The first-order chi connectivity index (χ1) is 7.76. The van der Waals surface area contributed by atoms with Crippen molar-refractivity contribution in [3.8, 4) is 11.5 Å². The summed E-state index contributed by atoms with van der Waals surface area (Å²) in [5.74, 6) is 1.46. The molecule has 0 spiro atoms. The third-order valence-electron chi connectivity index (χ3n) is 2.55. The Hall–Kier alpha value is -1.26. The molecule has 0 aliphatic carbocycles. The average Bonchev–Trinajstić information content (AvgIpc) is 2.35. The molecule has 0 fully saturated rings. The number of rotatable bonds is 6. The number of aliphatic hydroxyl groups excluding tert-OH is 1. The lowest BCUT2D eigenvalue weighted by atomic mass is 9.99. The standard InChI is InChI=1S/C12H19NO3/c1-13-7-10(8-14)9-4-5-11(15-2)12(6-9)16-3/h4-6,10,13-14H,7-8H2,1-3H3. The summed E-state index contributed by atoms with van der Waals surface area (Å²) in [6, 6.07) is 5.70. The van der Waals surface area contributed by atoms with Crippen molar-refractivity contribution in [2.24, 2.45) is 0 Å². The first kappa shape index (κ1) is 12.8. The summed E-state index contributed by atoms with van der Waals surface area (Å²) < 4.78 is 10.4. The Kier molecular flexibility index (Phi) is 5.08. The molecule has 0 aliphatic heterocycles. The van der Waals surface area contributed by atoms with E-state index in [4.69, 9.17) is 9.47 Å². The lowest BCUT2D eigenvalue weighted by Crippen LogP contribution is -2.20. The number of hydrogen-bond donors (Lipinski definition) is 2. The third-order valence-corrected chi connectivity index (χ3v) is 2.55. The van der Waals surface area contributed by atoms with Gasteiger partial charge in [0.2, 0.25) is 0 Å². The molecular weight excluding hydrogens is 206 g/mol. The van der Waals surface area contributed by atoms with E-state index in [2.05, 4.69) is 5.32 Å². The van der Waals surface area contributed by atoms with Gasteiger partial charge in [-0.1, -0.05) is 6.07 Å². The van der Waals surface area contributed by atoms with Crippen LogP contribution in [0.1, 0.15) is 11.5 Å². The zero-order chi connectivity index (χ0) is 12.0. The molecule has 0 amide bonds. The zero-order valence-electron chi connectivity index (χ0n) is 9.99. The molecule has 0 bridgehead atoms. The SMILES string of the molecule is CNCC(CO)c1ccc(OC)c(OC)c1. The molecular formula is C12H19NO3. The molecule has 1 aromatic rings. The normalized spacial score (nSPS) is 12.2. The van der Waals surface area contributed by atoms with Gasteiger partial charge in [0.1, 0.15) is 0 Å². The van der Waals surface area contributed by atoms with Crippen LogP contribution in [-0.4, -0.2) is 39.5 Å². The first-order valence-corrected chi connectivity index (χ1v) is 5.24. The molecule has 0 heterocycles. The number of aliphatic hydroxyl groups is 1. The summed E-state index contributed by atoms with van der Waals surface area (Å²) in [5.41, 5.74) is 1.04. The van der Waals surface area contributed by atoms with Crippen molar-refractivity contribution < 1.29 is 14.6 Å². The molecule has 1 aromatic carbocycles. The highest BCUT2D eigenvalue weighted by atomic mass is 16.5. The fraction of sp³-hybridized carbons (Fsp3) is 0.500. The number of ether oxygens (including phenoxy) is 2. The Bertz CT molecular complexity index is 328. The van der Waals surface area contributed by atoms with E-state index in [0.29, 0.717) is 11.5 Å². The Morgan fingerprint density at radius 1 is 1.25 bits per heavy atom. The smallest absolute Gasteiger partial charge is 0.160 e. The van der Waals surface area contributed by atoms with Crippen LogP contribution >= 0.6 is 0 Å². The molecule has 0 radical (unpaired) electrons. The Balaban J connectivity index is 2.96. The van der Waals surface area contributed by atoms with E-state index in [9.17, 15) is 5.11 Å². The summed E-state index contributed by atoms with van der Waals surface area (Å²) in [6.07, 6.45) is 0. The van der Waals surface area contributed by atoms with Crippen LogP contribution in [0.5, 0.6) is 11.5 Å². The van der Waals surface area contributed by atoms with Gasteiger partial charge < -0.3 is 19.9 Å². The van der Waals surface area contributed by atoms with Crippen LogP contribution in [0.15, 0.2) is 18.2 Å². The molecule has 1 atom stereocenters. The molecule has 0 aliphatic rings. The largest absolute Gasteiger partial charge is 0.493 e. The van der Waals surface area contributed by atoms with Gasteiger partial charge in [0.15, 0.2) is 11.5 Å². The van der Waals surface area contributed by atoms with Gasteiger partial charge in [-0.2, -0.15) is 0 Å². The number of methoxy groups -OCH3 is 2. The van der Waals surface area contributed by atoms with Crippen molar-refractivity contribution in [3.05, 3.63) is 23.8 Å². The van der Waals surface area contributed by atoms with Crippen LogP contribution in [0.4, 0.5) is 0 Å². The second kappa shape index (κ2) is 6.35. The number of hydrogen-bond acceptors (Lipinski definition) is 4. The Morgan fingerprint density at radius 2 is 1.94 bits per heavy atom. The van der Waals surface area contributed by atoms with E-state index < -0.39 is 0 Å². The van der Waals surface area contributed by atoms with E-state index in [-0.39, 0.29) is 12.5 Å². The molecule has 4 heteroatoms. The summed E-state index contributed by atoms with van der Waals surface area (Å²) in [4.78, 5) is 0. The molecule has 0 aromatic heterocycles. The quantitative estimate of drug-likeness (QED) is 0.758. The van der Waals surface area contributed by atoms with Crippen LogP contribution in [0, 0.1) is 0 Å². The van der Waals surface area contributed by atoms with Gasteiger partial charge in [-0.05, 0) is 24.7 Å². The monoisotopic (exact) mass is 225 g/mol. The first-order valence-electron chi connectivity index (χ1n) is 5.24. The van der Waals surface area contributed by atoms with Gasteiger partial charge in [-0.25, -0.2) is 0 Å². The highest BCUT2D eigenvalue weighted by Gasteiger charge is 2.12. The lowest BCUT2D eigenvalue weighted by molar-refractivity contribution is 0.263. The predicted octanol–water partition coefficient (Wildman–Crippen LogP) is 0.999. The van der Waals surface area contributed by atoms with Crippen molar-refractivity contribution in [1.82, 2.24) is 5.32 Å². The maximum absolute atomic E-state index is 9.29. The molecule has 1 unspecified atom stereocenters. The summed E-state index contributed by atoms with van der Waals surface area (Å²) in [7, 11) is 5.08. The van der Waals surface area contributed by atoms with E-state index in [0.717, 1.165) is 12.1 Å². The Morgan fingerprint density at radius 3 is 2.44 bits per heavy atom. The third kappa shape index (κ3) is 2.87. The van der Waals surface area contributed by atoms with Crippen molar-refractivity contribution in [2.75, 3.05) is 34.4 Å². The minimum atomic E-state index is 0.0739. The maximum Gasteiger partial charge on any atom is 0.160 e. The molecule has 1 rings (SSSR count). The van der Waals surface area contributed by atoms with Gasteiger partial charge in [-0.15, -0.1) is 0 Å². The van der Waals surface area contributed by atoms with Crippen molar-refractivity contribution in [3.63, 3.8) is 0 Å². The van der Waals surface area contributed by atoms with E-state index in [1.54, 1.807) is 14.2 Å². The van der Waals surface area contributed by atoms with Crippen molar-refractivity contribution >= 4 is 0 Å². The van der Waals surface area contributed by atoms with Gasteiger partial charge in [-0.3, -0.25) is 0 Å². The molecule has 2 N–H and O–H groups in total. The minimum Gasteiger partial charge on any atom is -0.493 e. The fourth-order valence-electron chi connectivity index (χ4n) is 1.64. The molecule has 90 valence electrons. The second-order valence-corrected chi connectivity index (χ2v) is 3.55. The number of nitrogens with one attached hydrogen (secondary N) is 1. The van der Waals surface area contributed by atoms with E-state index >= 15 is 0 Å². The van der Waals surface area contributed by atoms with Crippen LogP contribution < -0.4 is 14.8 Å². The zero-order valence-corrected chi connectivity index (χ0v) is 9.99. The van der Waals surface area contributed by atoms with Crippen LogP contribution in [0.2, 0.25) is 0 Å². The summed E-state index contributed by atoms with van der Waals surface area (Å²) >= 11 is 0. The average molecular weight is 225 g/mol. The highest BCUT2D eigenvalue weighted by molar-refractivity contribution is 5.44. The number of benzene rings is 1. The molecule has 0 saturated heterocycles. The van der Waals surface area contributed by atoms with E-state index in [1.807, 2.05) is 25.2 Å². The van der Waals surface area contributed by atoms with Gasteiger partial charge in [0.25, 0.3) is 0 Å². The second-order valence-electron chi connectivity index (χ2n) is 3.55. The van der Waals surface area contributed by atoms with Crippen LogP contribution in [0.25, 0.3) is 0 Å². The topological polar surface area (TPSA) is 50.7 Å². The predicted molar refractivity (Wildman–Crippen MR) is 63.3 cm³/mol. The number of likely N-dealkylation sites (N-methyl/N-ethyl adjacent to an activating group) is 1. The summed E-state index contributed by atoms with van der Waals surface area (Å²) in [6.45, 7) is 0.836. The highest BCUT2D eigenvalue weighted by Crippen LogP contribution is 2.30. The molecule has 4 nitrogen and oxygen atoms in total. The van der Waals surface area contributed by atoms with Gasteiger partial charge in [0.05, 0.1) is 20.8 Å². The van der Waals surface area contributed by atoms with Crippen LogP contribution in [0.3, 0.4) is 0 Å². The van der Waals surface area contributed by atoms with E-state index in [1.165, 1.54) is 0 Å². The van der Waals surface area contributed by atoms with Gasteiger partial charge in [0, 0.05) is 12.5 Å². The fourth-order valence-corrected chi connectivity index (χ4v) is 1.64. The minimum absolute atomic E-state index is 0.0739. The lowest BCUT2D eigenvalue weighted by Gasteiger charge is -2.16. The van der Waals surface area contributed by atoms with Crippen molar-refractivity contribution in [1.29, 1.82) is 0 Å². The maximum atomic E-state index is 9.29. The summed E-state index contributed by atoms with van der Waals surface area (Å²) in [5, 5.41) is 12.3. The van der Waals surface area contributed by atoms with Crippen LogP contribution in [-0.2, 0) is 0 Å². The van der Waals surface area contributed by atoms with Crippen molar-refractivity contribution in [2.45, 2.75) is 5.92 Å².